The van der Waals surface area contributed by atoms with E-state index in [1.54, 1.807) is 0 Å². The molecule has 0 amide bonds. The number of rotatable bonds is 7. The standard InChI is InChI=1S/C13H25NO3/c1-11(2)10-17-8-7-14-6-4-3-5-12(14)9-13(15)16/h11-12H,3-10H2,1-2H3,(H,15,16). The molecule has 1 aliphatic rings. The van der Waals surface area contributed by atoms with E-state index >= 15 is 0 Å². The third kappa shape index (κ3) is 6.03. The number of carboxylic acid groups (broad SMARTS) is 1. The van der Waals surface area contributed by atoms with Gasteiger partial charge in [-0.05, 0) is 25.3 Å². The molecule has 1 fully saturated rings. The van der Waals surface area contributed by atoms with Crippen molar-refractivity contribution in [3.8, 4) is 0 Å². The van der Waals surface area contributed by atoms with Gasteiger partial charge in [-0.15, -0.1) is 0 Å². The lowest BCUT2D eigenvalue weighted by atomic mass is 9.99. The number of aliphatic carboxylic acids is 1. The van der Waals surface area contributed by atoms with Crippen LogP contribution in [0.3, 0.4) is 0 Å². The van der Waals surface area contributed by atoms with E-state index in [4.69, 9.17) is 9.84 Å². The van der Waals surface area contributed by atoms with Gasteiger partial charge in [0.1, 0.15) is 0 Å². The molecule has 1 rings (SSSR count). The lowest BCUT2D eigenvalue weighted by molar-refractivity contribution is -0.138. The molecule has 1 aliphatic heterocycles. The van der Waals surface area contributed by atoms with E-state index in [-0.39, 0.29) is 12.5 Å². The minimum absolute atomic E-state index is 0.212. The van der Waals surface area contributed by atoms with Crippen molar-refractivity contribution in [2.24, 2.45) is 5.92 Å². The SMILES string of the molecule is CC(C)COCCN1CCCCC1CC(=O)O. The largest absolute Gasteiger partial charge is 0.481 e. The predicted molar refractivity (Wildman–Crippen MR) is 67.1 cm³/mol. The van der Waals surface area contributed by atoms with Crippen molar-refractivity contribution in [2.45, 2.75) is 45.6 Å². The quantitative estimate of drug-likeness (QED) is 0.695. The second kappa shape index (κ2) is 7.67. The van der Waals surface area contributed by atoms with Crippen LogP contribution in [0.5, 0.6) is 0 Å². The van der Waals surface area contributed by atoms with Crippen LogP contribution in [0, 0.1) is 5.92 Å². The summed E-state index contributed by atoms with van der Waals surface area (Å²) in [5, 5.41) is 8.87. The van der Waals surface area contributed by atoms with Gasteiger partial charge in [-0.1, -0.05) is 20.3 Å². The number of carboxylic acids is 1. The van der Waals surface area contributed by atoms with Crippen LogP contribution in [-0.4, -0.2) is 48.3 Å². The van der Waals surface area contributed by atoms with Crippen LogP contribution in [0.15, 0.2) is 0 Å². The van der Waals surface area contributed by atoms with E-state index in [9.17, 15) is 4.79 Å². The molecule has 0 aromatic heterocycles. The van der Waals surface area contributed by atoms with Crippen molar-refractivity contribution in [1.82, 2.24) is 4.90 Å². The first-order chi connectivity index (χ1) is 8.09. The fourth-order valence-corrected chi connectivity index (χ4v) is 2.29. The second-order valence-corrected chi connectivity index (χ2v) is 5.25. The van der Waals surface area contributed by atoms with E-state index in [2.05, 4.69) is 18.7 Å². The van der Waals surface area contributed by atoms with Gasteiger partial charge in [0.25, 0.3) is 0 Å². The normalized spacial score (nSPS) is 21.9. The molecule has 1 saturated heterocycles. The maximum Gasteiger partial charge on any atom is 0.304 e. The molecule has 0 bridgehead atoms. The smallest absolute Gasteiger partial charge is 0.304 e. The van der Waals surface area contributed by atoms with Gasteiger partial charge in [0, 0.05) is 19.2 Å². The molecule has 4 heteroatoms. The molecule has 0 aromatic rings. The Kier molecular flexibility index (Phi) is 6.52. The summed E-state index contributed by atoms with van der Waals surface area (Å²) in [5.41, 5.74) is 0. The molecule has 1 atom stereocenters. The molecule has 0 spiro atoms. The topological polar surface area (TPSA) is 49.8 Å². The Hall–Kier alpha value is -0.610. The molecule has 1 unspecified atom stereocenters. The predicted octanol–water partition coefficient (Wildman–Crippen LogP) is 1.99. The van der Waals surface area contributed by atoms with E-state index in [0.717, 1.165) is 32.5 Å². The molecule has 0 saturated carbocycles. The minimum Gasteiger partial charge on any atom is -0.481 e. The van der Waals surface area contributed by atoms with Crippen LogP contribution in [0.1, 0.15) is 39.5 Å². The van der Waals surface area contributed by atoms with Crippen molar-refractivity contribution >= 4 is 5.97 Å². The molecule has 100 valence electrons. The van der Waals surface area contributed by atoms with Crippen molar-refractivity contribution in [1.29, 1.82) is 0 Å². The molecule has 0 aromatic carbocycles. The van der Waals surface area contributed by atoms with Gasteiger partial charge in [-0.25, -0.2) is 0 Å². The average Bonchev–Trinajstić information content (AvgIpc) is 2.25. The van der Waals surface area contributed by atoms with E-state index in [1.807, 2.05) is 0 Å². The zero-order valence-electron chi connectivity index (χ0n) is 11.0. The highest BCUT2D eigenvalue weighted by molar-refractivity contribution is 5.67. The van der Waals surface area contributed by atoms with Crippen LogP contribution in [0.25, 0.3) is 0 Å². The summed E-state index contributed by atoms with van der Waals surface area (Å²) < 4.78 is 5.56. The zero-order chi connectivity index (χ0) is 12.7. The lowest BCUT2D eigenvalue weighted by Crippen LogP contribution is -2.42. The Balaban J connectivity index is 2.25. The first-order valence-electron chi connectivity index (χ1n) is 6.63. The third-order valence-corrected chi connectivity index (χ3v) is 3.13. The highest BCUT2D eigenvalue weighted by atomic mass is 16.5. The number of hydrogen-bond donors (Lipinski definition) is 1. The average molecular weight is 243 g/mol. The van der Waals surface area contributed by atoms with Gasteiger partial charge >= 0.3 is 5.97 Å². The van der Waals surface area contributed by atoms with Crippen molar-refractivity contribution in [3.05, 3.63) is 0 Å². The maximum atomic E-state index is 10.8. The minimum atomic E-state index is -0.690. The summed E-state index contributed by atoms with van der Waals surface area (Å²) in [6, 6.07) is 0.212. The van der Waals surface area contributed by atoms with Crippen LogP contribution < -0.4 is 0 Å². The van der Waals surface area contributed by atoms with Crippen LogP contribution in [0.2, 0.25) is 0 Å². The zero-order valence-corrected chi connectivity index (χ0v) is 11.0. The first-order valence-corrected chi connectivity index (χ1v) is 6.63. The van der Waals surface area contributed by atoms with Gasteiger partial charge in [-0.3, -0.25) is 9.69 Å². The highest BCUT2D eigenvalue weighted by Gasteiger charge is 2.23. The molecule has 4 nitrogen and oxygen atoms in total. The van der Waals surface area contributed by atoms with Gasteiger partial charge < -0.3 is 9.84 Å². The number of likely N-dealkylation sites (tertiary alicyclic amines) is 1. The van der Waals surface area contributed by atoms with Gasteiger partial charge in [0.2, 0.25) is 0 Å². The number of carbonyl (C=O) groups is 1. The Morgan fingerprint density at radius 1 is 1.47 bits per heavy atom. The fraction of sp³-hybridized carbons (Fsp3) is 0.923. The van der Waals surface area contributed by atoms with Crippen molar-refractivity contribution < 1.29 is 14.6 Å². The lowest BCUT2D eigenvalue weighted by Gasteiger charge is -2.34. The summed E-state index contributed by atoms with van der Waals surface area (Å²) in [7, 11) is 0. The van der Waals surface area contributed by atoms with E-state index < -0.39 is 5.97 Å². The van der Waals surface area contributed by atoms with Crippen LogP contribution in [-0.2, 0) is 9.53 Å². The van der Waals surface area contributed by atoms with Gasteiger partial charge in [-0.2, -0.15) is 0 Å². The Morgan fingerprint density at radius 3 is 2.88 bits per heavy atom. The van der Waals surface area contributed by atoms with Gasteiger partial charge in [0.05, 0.1) is 13.0 Å². The number of nitrogens with zero attached hydrogens (tertiary/aromatic N) is 1. The molecule has 0 aliphatic carbocycles. The molecule has 0 radical (unpaired) electrons. The molecular formula is C13H25NO3. The number of ether oxygens (including phenoxy) is 1. The summed E-state index contributed by atoms with van der Waals surface area (Å²) >= 11 is 0. The Labute approximate surface area is 104 Å². The first kappa shape index (κ1) is 14.5. The molecule has 17 heavy (non-hydrogen) atoms. The van der Waals surface area contributed by atoms with Crippen LogP contribution in [0.4, 0.5) is 0 Å². The highest BCUT2D eigenvalue weighted by Crippen LogP contribution is 2.19. The Bertz CT molecular complexity index is 231. The maximum absolute atomic E-state index is 10.8. The van der Waals surface area contributed by atoms with Gasteiger partial charge in [0.15, 0.2) is 0 Å². The van der Waals surface area contributed by atoms with E-state index in [0.29, 0.717) is 12.5 Å². The number of hydrogen-bond acceptors (Lipinski definition) is 3. The van der Waals surface area contributed by atoms with Crippen LogP contribution >= 0.6 is 0 Å². The summed E-state index contributed by atoms with van der Waals surface area (Å²) in [6.45, 7) is 7.65. The number of piperidine rings is 1. The summed E-state index contributed by atoms with van der Waals surface area (Å²) in [5.74, 6) is -0.129. The molecule has 1 heterocycles. The Morgan fingerprint density at radius 2 is 2.24 bits per heavy atom. The molecule has 1 N–H and O–H groups in total. The van der Waals surface area contributed by atoms with E-state index in [1.165, 1.54) is 6.42 Å². The monoisotopic (exact) mass is 243 g/mol. The summed E-state index contributed by atoms with van der Waals surface area (Å²) in [6.07, 6.45) is 3.61. The van der Waals surface area contributed by atoms with Crippen molar-refractivity contribution in [2.75, 3.05) is 26.3 Å². The molecular weight excluding hydrogens is 218 g/mol. The second-order valence-electron chi connectivity index (χ2n) is 5.25. The van der Waals surface area contributed by atoms with Crippen molar-refractivity contribution in [3.63, 3.8) is 0 Å². The fourth-order valence-electron chi connectivity index (χ4n) is 2.29. The summed E-state index contributed by atoms with van der Waals surface area (Å²) in [4.78, 5) is 13.1. The third-order valence-electron chi connectivity index (χ3n) is 3.13.